The van der Waals surface area contributed by atoms with E-state index in [1.54, 1.807) is 7.11 Å². The van der Waals surface area contributed by atoms with Crippen molar-refractivity contribution in [3.05, 3.63) is 11.9 Å². The van der Waals surface area contributed by atoms with Gasteiger partial charge in [0.1, 0.15) is 18.5 Å². The van der Waals surface area contributed by atoms with Crippen LogP contribution in [-0.4, -0.2) is 29.7 Å². The van der Waals surface area contributed by atoms with Crippen molar-refractivity contribution in [1.82, 2.24) is 9.97 Å². The van der Waals surface area contributed by atoms with Crippen molar-refractivity contribution in [2.24, 2.45) is 5.92 Å². The minimum atomic E-state index is 0.283. The van der Waals surface area contributed by atoms with E-state index >= 15 is 0 Å². The third-order valence-electron chi connectivity index (χ3n) is 3.63. The third-order valence-corrected chi connectivity index (χ3v) is 3.63. The van der Waals surface area contributed by atoms with Gasteiger partial charge < -0.3 is 14.8 Å². The number of nitrogens with one attached hydrogen (secondary N) is 1. The maximum absolute atomic E-state index is 6.03. The molecule has 0 spiro atoms. The zero-order chi connectivity index (χ0) is 14.4. The SMILES string of the molecule is CCNc1cc(OC2CCC(C)CC2)nc(COC)n1. The predicted octanol–water partition coefficient (Wildman–Crippen LogP) is 3.01. The molecule has 0 radical (unpaired) electrons. The van der Waals surface area contributed by atoms with Gasteiger partial charge in [-0.3, -0.25) is 0 Å². The summed E-state index contributed by atoms with van der Waals surface area (Å²) in [7, 11) is 1.65. The van der Waals surface area contributed by atoms with Crippen molar-refractivity contribution in [2.45, 2.75) is 52.2 Å². The average Bonchev–Trinajstić information content (AvgIpc) is 2.42. The number of ether oxygens (including phenoxy) is 2. The topological polar surface area (TPSA) is 56.3 Å². The molecule has 0 atom stereocenters. The summed E-state index contributed by atoms with van der Waals surface area (Å²) < 4.78 is 11.1. The number of hydrogen-bond acceptors (Lipinski definition) is 5. The molecule has 1 N–H and O–H groups in total. The molecule has 1 fully saturated rings. The van der Waals surface area contributed by atoms with Crippen LogP contribution >= 0.6 is 0 Å². The first-order valence-electron chi connectivity index (χ1n) is 7.48. The van der Waals surface area contributed by atoms with Gasteiger partial charge in [0.2, 0.25) is 5.88 Å². The Balaban J connectivity index is 2.05. The molecule has 20 heavy (non-hydrogen) atoms. The van der Waals surface area contributed by atoms with Crippen LogP contribution < -0.4 is 10.1 Å². The highest BCUT2D eigenvalue weighted by Crippen LogP contribution is 2.27. The van der Waals surface area contributed by atoms with Crippen LogP contribution in [0, 0.1) is 5.92 Å². The lowest BCUT2D eigenvalue weighted by molar-refractivity contribution is 0.127. The van der Waals surface area contributed by atoms with Gasteiger partial charge in [0, 0.05) is 19.7 Å². The molecule has 5 nitrogen and oxygen atoms in total. The zero-order valence-corrected chi connectivity index (χ0v) is 12.7. The lowest BCUT2D eigenvalue weighted by Crippen LogP contribution is -2.23. The summed E-state index contributed by atoms with van der Waals surface area (Å²) in [4.78, 5) is 8.81. The Hall–Kier alpha value is -1.36. The number of hydrogen-bond donors (Lipinski definition) is 1. The Morgan fingerprint density at radius 3 is 2.65 bits per heavy atom. The Bertz CT molecular complexity index is 393. The molecule has 0 aliphatic heterocycles. The molecule has 112 valence electrons. The molecule has 1 aliphatic carbocycles. The molecule has 2 rings (SSSR count). The smallest absolute Gasteiger partial charge is 0.219 e. The number of anilines is 1. The van der Waals surface area contributed by atoms with Gasteiger partial charge >= 0.3 is 0 Å². The molecule has 0 bridgehead atoms. The molecule has 5 heteroatoms. The minimum absolute atomic E-state index is 0.283. The second kappa shape index (κ2) is 7.43. The van der Waals surface area contributed by atoms with E-state index in [-0.39, 0.29) is 6.10 Å². The second-order valence-electron chi connectivity index (χ2n) is 5.47. The Labute approximate surface area is 121 Å². The summed E-state index contributed by atoms with van der Waals surface area (Å²) in [5.74, 6) is 2.93. The van der Waals surface area contributed by atoms with Crippen LogP contribution in [0.3, 0.4) is 0 Å². The van der Waals surface area contributed by atoms with Crippen molar-refractivity contribution < 1.29 is 9.47 Å². The number of rotatable bonds is 6. The molecule has 0 aromatic carbocycles. The first-order valence-corrected chi connectivity index (χ1v) is 7.48. The van der Waals surface area contributed by atoms with Gasteiger partial charge in [-0.1, -0.05) is 6.92 Å². The molecule has 1 saturated carbocycles. The fourth-order valence-corrected chi connectivity index (χ4v) is 2.52. The Morgan fingerprint density at radius 1 is 1.25 bits per heavy atom. The molecule has 0 unspecified atom stereocenters. The normalized spacial score (nSPS) is 22.6. The highest BCUT2D eigenvalue weighted by atomic mass is 16.5. The largest absolute Gasteiger partial charge is 0.474 e. The Kier molecular flexibility index (Phi) is 5.59. The molecular weight excluding hydrogens is 254 g/mol. The van der Waals surface area contributed by atoms with E-state index in [4.69, 9.17) is 9.47 Å². The third kappa shape index (κ3) is 4.34. The van der Waals surface area contributed by atoms with E-state index in [1.807, 2.05) is 13.0 Å². The Morgan fingerprint density at radius 2 is 2.00 bits per heavy atom. The summed E-state index contributed by atoms with van der Waals surface area (Å²) in [6.45, 7) is 5.57. The van der Waals surface area contributed by atoms with Crippen LogP contribution in [0.25, 0.3) is 0 Å². The van der Waals surface area contributed by atoms with E-state index in [9.17, 15) is 0 Å². The predicted molar refractivity (Wildman–Crippen MR) is 79.0 cm³/mol. The monoisotopic (exact) mass is 279 g/mol. The highest BCUT2D eigenvalue weighted by Gasteiger charge is 2.20. The van der Waals surface area contributed by atoms with Gasteiger partial charge in [-0.25, -0.2) is 4.98 Å². The van der Waals surface area contributed by atoms with Gasteiger partial charge in [-0.05, 0) is 38.5 Å². The highest BCUT2D eigenvalue weighted by molar-refractivity contribution is 5.38. The summed E-state index contributed by atoms with van der Waals surface area (Å²) in [5, 5.41) is 3.20. The lowest BCUT2D eigenvalue weighted by Gasteiger charge is -2.26. The molecule has 1 aliphatic rings. The van der Waals surface area contributed by atoms with Crippen molar-refractivity contribution in [3.63, 3.8) is 0 Å². The van der Waals surface area contributed by atoms with E-state index < -0.39 is 0 Å². The molecule has 0 saturated heterocycles. The molecule has 1 aromatic rings. The van der Waals surface area contributed by atoms with Crippen LogP contribution in [0.5, 0.6) is 5.88 Å². The summed E-state index contributed by atoms with van der Waals surface area (Å²) in [6, 6.07) is 1.88. The summed E-state index contributed by atoms with van der Waals surface area (Å²) in [6.07, 6.45) is 4.98. The van der Waals surface area contributed by atoms with Crippen molar-refractivity contribution >= 4 is 5.82 Å². The number of aromatic nitrogens is 2. The fourth-order valence-electron chi connectivity index (χ4n) is 2.52. The molecule has 1 heterocycles. The van der Waals surface area contributed by atoms with Gasteiger partial charge in [0.15, 0.2) is 5.82 Å². The van der Waals surface area contributed by atoms with Crippen LogP contribution in [0.2, 0.25) is 0 Å². The molecule has 0 amide bonds. The molecule has 1 aromatic heterocycles. The summed E-state index contributed by atoms with van der Waals surface area (Å²) in [5.41, 5.74) is 0. The van der Waals surface area contributed by atoms with Crippen LogP contribution in [0.15, 0.2) is 6.07 Å². The zero-order valence-electron chi connectivity index (χ0n) is 12.7. The standard InChI is InChI=1S/C15H25N3O2/c1-4-16-13-9-15(18-14(17-13)10-19-3)20-12-7-5-11(2)6-8-12/h9,11-12H,4-8,10H2,1-3H3,(H,16,17,18). The van der Waals surface area contributed by atoms with Crippen LogP contribution in [0.1, 0.15) is 45.4 Å². The van der Waals surface area contributed by atoms with Crippen LogP contribution in [0.4, 0.5) is 5.82 Å². The van der Waals surface area contributed by atoms with Crippen molar-refractivity contribution in [1.29, 1.82) is 0 Å². The van der Waals surface area contributed by atoms with Crippen LogP contribution in [-0.2, 0) is 11.3 Å². The van der Waals surface area contributed by atoms with E-state index in [0.717, 1.165) is 31.1 Å². The minimum Gasteiger partial charge on any atom is -0.474 e. The fraction of sp³-hybridized carbons (Fsp3) is 0.733. The molecular formula is C15H25N3O2. The summed E-state index contributed by atoms with van der Waals surface area (Å²) >= 11 is 0. The second-order valence-corrected chi connectivity index (χ2v) is 5.47. The first kappa shape index (κ1) is 15.0. The number of methoxy groups -OCH3 is 1. The van der Waals surface area contributed by atoms with E-state index in [0.29, 0.717) is 18.3 Å². The van der Waals surface area contributed by atoms with Crippen molar-refractivity contribution in [2.75, 3.05) is 19.0 Å². The van der Waals surface area contributed by atoms with E-state index in [1.165, 1.54) is 12.8 Å². The van der Waals surface area contributed by atoms with Gasteiger partial charge in [-0.2, -0.15) is 4.98 Å². The average molecular weight is 279 g/mol. The van der Waals surface area contributed by atoms with E-state index in [2.05, 4.69) is 22.2 Å². The van der Waals surface area contributed by atoms with Gasteiger partial charge in [0.25, 0.3) is 0 Å². The van der Waals surface area contributed by atoms with Crippen molar-refractivity contribution in [3.8, 4) is 5.88 Å². The first-order chi connectivity index (χ1) is 9.71. The number of nitrogens with zero attached hydrogens (tertiary/aromatic N) is 2. The van der Waals surface area contributed by atoms with Gasteiger partial charge in [-0.15, -0.1) is 0 Å². The quantitative estimate of drug-likeness (QED) is 0.867. The van der Waals surface area contributed by atoms with Gasteiger partial charge in [0.05, 0.1) is 0 Å². The lowest BCUT2D eigenvalue weighted by atomic mass is 9.89. The maximum atomic E-state index is 6.03. The maximum Gasteiger partial charge on any atom is 0.219 e.